The van der Waals surface area contributed by atoms with E-state index in [-0.39, 0.29) is 23.1 Å². The van der Waals surface area contributed by atoms with Gasteiger partial charge in [-0.25, -0.2) is 0 Å². The summed E-state index contributed by atoms with van der Waals surface area (Å²) in [7, 11) is 0. The largest absolute Gasteiger partial charge is 0.450 e. The summed E-state index contributed by atoms with van der Waals surface area (Å²) in [5, 5.41) is 4.99. The fourth-order valence-electron chi connectivity index (χ4n) is 12.5. The molecule has 346 valence electrons. The number of fused-ring (bicyclic) bond motifs is 13. The summed E-state index contributed by atoms with van der Waals surface area (Å²) in [5.74, 6) is 2.86. The summed E-state index contributed by atoms with van der Waals surface area (Å²) in [6.07, 6.45) is 2.29. The first-order valence-electron chi connectivity index (χ1n) is 25.3. The van der Waals surface area contributed by atoms with Crippen molar-refractivity contribution in [1.82, 2.24) is 0 Å². The average Bonchev–Trinajstić information content (AvgIpc) is 3.76. The smallest absolute Gasteiger partial charge is 0.333 e. The zero-order valence-electron chi connectivity index (χ0n) is 41.7. The highest BCUT2D eigenvalue weighted by atomic mass is 32.1. The molecular weight excluding hydrogens is 884 g/mol. The Morgan fingerprint density at radius 2 is 1.20 bits per heavy atom. The van der Waals surface area contributed by atoms with Crippen LogP contribution < -0.4 is 30.1 Å². The lowest BCUT2D eigenvalue weighted by atomic mass is 9.43. The molecule has 0 atom stereocenters. The maximum absolute atomic E-state index is 6.94. The highest BCUT2D eigenvalue weighted by Crippen LogP contribution is 2.58. The van der Waals surface area contributed by atoms with Gasteiger partial charge in [-0.15, -0.1) is 11.3 Å². The number of hydrogen-bond acceptors (Lipinski definition) is 5. The van der Waals surface area contributed by atoms with Gasteiger partial charge in [0, 0.05) is 65.5 Å². The number of aryl methyl sites for hydroxylation is 1. The molecule has 0 N–H and O–H groups in total. The predicted octanol–water partition coefficient (Wildman–Crippen LogP) is 17.4. The summed E-state index contributed by atoms with van der Waals surface area (Å²) in [4.78, 5) is 5.35. The van der Waals surface area contributed by atoms with E-state index >= 15 is 0 Å². The molecule has 0 spiro atoms. The molecule has 0 radical (unpaired) electrons. The monoisotopic (exact) mass is 938 g/mol. The topological polar surface area (TPSA) is 24.9 Å². The van der Waals surface area contributed by atoms with E-state index in [1.807, 2.05) is 35.6 Å². The minimum atomic E-state index is -0.282. The quantitative estimate of drug-likeness (QED) is 0.165. The highest BCUT2D eigenvalue weighted by Gasteiger charge is 2.49. The molecule has 10 aromatic rings. The first-order chi connectivity index (χ1) is 34.2. The predicted molar refractivity (Wildman–Crippen MR) is 301 cm³/mol. The molecule has 6 heteroatoms. The van der Waals surface area contributed by atoms with Crippen molar-refractivity contribution in [2.24, 2.45) is 0 Å². The van der Waals surface area contributed by atoms with Crippen molar-refractivity contribution in [3.63, 3.8) is 0 Å². The van der Waals surface area contributed by atoms with Crippen LogP contribution in [0.1, 0.15) is 83.6 Å². The van der Waals surface area contributed by atoms with Gasteiger partial charge in [0.15, 0.2) is 23.0 Å². The molecule has 1 aliphatic carbocycles. The first kappa shape index (κ1) is 42.6. The summed E-state index contributed by atoms with van der Waals surface area (Å²) in [6, 6.07) is 61.4. The second-order valence-corrected chi connectivity index (χ2v) is 23.8. The molecule has 4 nitrogen and oxygen atoms in total. The van der Waals surface area contributed by atoms with E-state index in [1.54, 1.807) is 0 Å². The Bertz CT molecular complexity index is 3920. The van der Waals surface area contributed by atoms with Gasteiger partial charge >= 0.3 is 6.85 Å². The number of thiophene rings is 1. The van der Waals surface area contributed by atoms with Gasteiger partial charge < -0.3 is 19.2 Å². The molecule has 0 fully saturated rings. The van der Waals surface area contributed by atoms with Crippen LogP contribution in [0.3, 0.4) is 0 Å². The Morgan fingerprint density at radius 3 is 1.94 bits per heavy atom. The zero-order valence-corrected chi connectivity index (χ0v) is 42.5. The number of nitrogens with zero attached hydrogens (tertiary/aromatic N) is 2. The summed E-state index contributed by atoms with van der Waals surface area (Å²) >= 11 is 1.88. The summed E-state index contributed by atoms with van der Waals surface area (Å²) in [5.41, 5.74) is 18.7. The van der Waals surface area contributed by atoms with Crippen LogP contribution in [0.15, 0.2) is 164 Å². The van der Waals surface area contributed by atoms with Gasteiger partial charge in [-0.05, 0) is 140 Å². The normalized spacial score (nSPS) is 15.9. The van der Waals surface area contributed by atoms with Crippen LogP contribution in [0.4, 0.5) is 28.4 Å². The first-order valence-corrected chi connectivity index (χ1v) is 26.1. The molecule has 1 aromatic heterocycles. The molecule has 0 unspecified atom stereocenters. The van der Waals surface area contributed by atoms with Crippen molar-refractivity contribution in [2.75, 3.05) is 9.71 Å². The Labute approximate surface area is 421 Å². The van der Waals surface area contributed by atoms with E-state index in [2.05, 4.69) is 205 Å². The standard InChI is InChI=1S/C65H55BN2O2S/c1-38-32-47-48(65(7,8)31-30-64(47,5)6)35-51(38)67-52-37-56-55(69-53-23-15-16-24-54(53)70-56)36-49(52)66-60-46(33-40-20-12-13-21-42(40)62(60)67)43-27-29-58-59(44-22-14-17-25-57(44)71-58)61(43)68(66)50-28-26-41(63(2,3)4)34-45(50)39-18-10-9-11-19-39/h9-29,32-37H,30-31H2,1-8H3. The van der Waals surface area contributed by atoms with Gasteiger partial charge in [0.2, 0.25) is 0 Å². The molecule has 71 heavy (non-hydrogen) atoms. The van der Waals surface area contributed by atoms with Gasteiger partial charge in [-0.2, -0.15) is 0 Å². The van der Waals surface area contributed by atoms with Crippen molar-refractivity contribution in [2.45, 2.75) is 84.5 Å². The number of ether oxygens (including phenoxy) is 2. The number of anilines is 5. The molecule has 0 saturated carbocycles. The lowest BCUT2D eigenvalue weighted by molar-refractivity contribution is 0.332. The van der Waals surface area contributed by atoms with Crippen LogP contribution in [0, 0.1) is 6.92 Å². The summed E-state index contributed by atoms with van der Waals surface area (Å²) in [6.45, 7) is 18.8. The van der Waals surface area contributed by atoms with Crippen LogP contribution >= 0.6 is 11.3 Å². The summed E-state index contributed by atoms with van der Waals surface area (Å²) < 4.78 is 16.4. The van der Waals surface area contributed by atoms with E-state index in [4.69, 9.17) is 9.47 Å². The third-order valence-electron chi connectivity index (χ3n) is 16.4. The maximum Gasteiger partial charge on any atom is 0.333 e. The van der Waals surface area contributed by atoms with Crippen LogP contribution in [0.2, 0.25) is 0 Å². The fourth-order valence-corrected chi connectivity index (χ4v) is 13.6. The SMILES string of the molecule is Cc1cc2c(cc1N1c3cc4c(cc3B3c5c(cc6ccccc6c51)-c1ccc5sc6ccccc6c5c1N3c1ccc(C(C)(C)C)cc1-c1ccccc1)Oc1ccccc1O4)C(C)(C)CCC2(C)C. The third kappa shape index (κ3) is 6.23. The van der Waals surface area contributed by atoms with Gasteiger partial charge in [-0.3, -0.25) is 0 Å². The van der Waals surface area contributed by atoms with Gasteiger partial charge in [0.1, 0.15) is 0 Å². The van der Waals surface area contributed by atoms with E-state index in [0.717, 1.165) is 46.9 Å². The van der Waals surface area contributed by atoms with Crippen molar-refractivity contribution in [3.8, 4) is 45.3 Å². The van der Waals surface area contributed by atoms with Crippen LogP contribution in [-0.2, 0) is 16.2 Å². The highest BCUT2D eigenvalue weighted by molar-refractivity contribution is 7.26. The van der Waals surface area contributed by atoms with Gasteiger partial charge in [-0.1, -0.05) is 152 Å². The maximum atomic E-state index is 6.94. The molecule has 0 bridgehead atoms. The molecule has 0 saturated heterocycles. The lowest BCUT2D eigenvalue weighted by Gasteiger charge is -2.48. The van der Waals surface area contributed by atoms with Gasteiger partial charge in [0.05, 0.1) is 5.69 Å². The minimum absolute atomic E-state index is 0.000625. The Kier molecular flexibility index (Phi) is 8.93. The lowest BCUT2D eigenvalue weighted by Crippen LogP contribution is -2.61. The Hall–Kier alpha value is -7.28. The van der Waals surface area contributed by atoms with Crippen LogP contribution in [0.25, 0.3) is 53.2 Å². The number of rotatable bonds is 3. The molecule has 0 amide bonds. The van der Waals surface area contributed by atoms with Crippen molar-refractivity contribution >= 4 is 88.5 Å². The zero-order chi connectivity index (χ0) is 48.3. The van der Waals surface area contributed by atoms with E-state index in [9.17, 15) is 0 Å². The fraction of sp³-hybridized carbons (Fsp3) is 0.200. The number of para-hydroxylation sites is 2. The van der Waals surface area contributed by atoms with E-state index in [0.29, 0.717) is 5.75 Å². The van der Waals surface area contributed by atoms with E-state index in [1.165, 1.54) is 98.0 Å². The minimum Gasteiger partial charge on any atom is -0.450 e. The molecule has 4 heterocycles. The third-order valence-corrected chi connectivity index (χ3v) is 17.5. The van der Waals surface area contributed by atoms with Crippen LogP contribution in [-0.4, -0.2) is 6.85 Å². The van der Waals surface area contributed by atoms with Crippen molar-refractivity contribution < 1.29 is 9.47 Å². The van der Waals surface area contributed by atoms with Crippen LogP contribution in [0.5, 0.6) is 23.0 Å². The van der Waals surface area contributed by atoms with Crippen molar-refractivity contribution in [3.05, 3.63) is 186 Å². The Balaban J connectivity index is 1.17. The van der Waals surface area contributed by atoms with E-state index < -0.39 is 0 Å². The van der Waals surface area contributed by atoms with Crippen molar-refractivity contribution in [1.29, 1.82) is 0 Å². The molecule has 3 aliphatic heterocycles. The number of hydrogen-bond donors (Lipinski definition) is 0. The molecule has 9 aromatic carbocycles. The van der Waals surface area contributed by atoms with Gasteiger partial charge in [0.25, 0.3) is 0 Å². The average molecular weight is 939 g/mol. The molecule has 4 aliphatic rings. The number of benzene rings is 9. The second kappa shape index (κ2) is 14.9. The Morgan fingerprint density at radius 1 is 0.535 bits per heavy atom. The molecular formula is C65H55BN2O2S. The molecule has 14 rings (SSSR count). The second-order valence-electron chi connectivity index (χ2n) is 22.8.